The van der Waals surface area contributed by atoms with Crippen molar-refractivity contribution < 1.29 is 14.3 Å². The van der Waals surface area contributed by atoms with E-state index in [1.165, 1.54) is 0 Å². The molecule has 0 saturated carbocycles. The number of H-pyrrole nitrogens is 1. The lowest BCUT2D eigenvalue weighted by atomic mass is 10.2. The van der Waals surface area contributed by atoms with Gasteiger partial charge in [0.1, 0.15) is 12.4 Å². The molecular formula is C18H24N4O3. The SMILES string of the molecule is COCCN1CCN(C(=O)c2cc(COc3ccccc3)[nH]n2)CC1. The molecule has 7 heteroatoms. The first-order valence-electron chi connectivity index (χ1n) is 8.49. The van der Waals surface area contributed by atoms with Crippen molar-refractivity contribution in [2.24, 2.45) is 0 Å². The quantitative estimate of drug-likeness (QED) is 0.822. The first-order chi connectivity index (χ1) is 12.3. The van der Waals surface area contributed by atoms with E-state index >= 15 is 0 Å². The van der Waals surface area contributed by atoms with Crippen LogP contribution in [0.15, 0.2) is 36.4 Å². The van der Waals surface area contributed by atoms with Gasteiger partial charge in [-0.2, -0.15) is 5.10 Å². The molecule has 2 heterocycles. The molecule has 7 nitrogen and oxygen atoms in total. The average Bonchev–Trinajstić information content (AvgIpc) is 3.14. The van der Waals surface area contributed by atoms with Crippen molar-refractivity contribution in [1.82, 2.24) is 20.0 Å². The Kier molecular flexibility index (Phi) is 6.03. The van der Waals surface area contributed by atoms with E-state index in [2.05, 4.69) is 15.1 Å². The van der Waals surface area contributed by atoms with Gasteiger partial charge in [-0.15, -0.1) is 0 Å². The number of methoxy groups -OCH3 is 1. The number of amides is 1. The van der Waals surface area contributed by atoms with Gasteiger partial charge in [0.15, 0.2) is 5.69 Å². The van der Waals surface area contributed by atoms with Crippen LogP contribution in [0.5, 0.6) is 5.75 Å². The van der Waals surface area contributed by atoms with Crippen molar-refractivity contribution in [1.29, 1.82) is 0 Å². The molecule has 0 aliphatic carbocycles. The summed E-state index contributed by atoms with van der Waals surface area (Å²) in [6.45, 7) is 5.14. The average molecular weight is 344 g/mol. The molecule has 1 aromatic heterocycles. The summed E-state index contributed by atoms with van der Waals surface area (Å²) in [4.78, 5) is 16.7. The monoisotopic (exact) mass is 344 g/mol. The largest absolute Gasteiger partial charge is 0.487 e. The minimum atomic E-state index is -0.0337. The number of aromatic amines is 1. The van der Waals surface area contributed by atoms with Crippen LogP contribution in [-0.2, 0) is 11.3 Å². The lowest BCUT2D eigenvalue weighted by molar-refractivity contribution is 0.0589. The Bertz CT molecular complexity index is 666. The van der Waals surface area contributed by atoms with Gasteiger partial charge in [0.2, 0.25) is 0 Å². The predicted molar refractivity (Wildman–Crippen MR) is 93.6 cm³/mol. The highest BCUT2D eigenvalue weighted by molar-refractivity contribution is 5.92. The third-order valence-corrected chi connectivity index (χ3v) is 4.26. The van der Waals surface area contributed by atoms with Gasteiger partial charge >= 0.3 is 0 Å². The molecule has 1 amide bonds. The highest BCUT2D eigenvalue weighted by Crippen LogP contribution is 2.12. The van der Waals surface area contributed by atoms with E-state index in [0.29, 0.717) is 25.4 Å². The molecule has 0 atom stereocenters. The summed E-state index contributed by atoms with van der Waals surface area (Å²) in [5.41, 5.74) is 1.22. The Morgan fingerprint density at radius 3 is 2.68 bits per heavy atom. The summed E-state index contributed by atoms with van der Waals surface area (Å²) in [5.74, 6) is 0.755. The minimum absolute atomic E-state index is 0.0337. The maximum Gasteiger partial charge on any atom is 0.274 e. The molecule has 1 aliphatic heterocycles. The lowest BCUT2D eigenvalue weighted by Crippen LogP contribution is -2.49. The number of carbonyl (C=O) groups is 1. The molecule has 25 heavy (non-hydrogen) atoms. The molecular weight excluding hydrogens is 320 g/mol. The van der Waals surface area contributed by atoms with Crippen LogP contribution in [-0.4, -0.2) is 72.3 Å². The van der Waals surface area contributed by atoms with Crippen LogP contribution in [0.1, 0.15) is 16.2 Å². The summed E-state index contributed by atoms with van der Waals surface area (Å²) in [7, 11) is 1.70. The molecule has 0 unspecified atom stereocenters. The van der Waals surface area contributed by atoms with Gasteiger partial charge in [-0.3, -0.25) is 14.8 Å². The van der Waals surface area contributed by atoms with Crippen molar-refractivity contribution in [3.8, 4) is 5.75 Å². The molecule has 0 radical (unpaired) electrons. The number of benzene rings is 1. The van der Waals surface area contributed by atoms with Crippen molar-refractivity contribution in [3.05, 3.63) is 47.8 Å². The molecule has 1 fully saturated rings. The van der Waals surface area contributed by atoms with E-state index in [0.717, 1.165) is 37.7 Å². The van der Waals surface area contributed by atoms with Crippen LogP contribution >= 0.6 is 0 Å². The Morgan fingerprint density at radius 1 is 1.20 bits per heavy atom. The van der Waals surface area contributed by atoms with Crippen LogP contribution in [0, 0.1) is 0 Å². The van der Waals surface area contributed by atoms with Crippen LogP contribution in [0.25, 0.3) is 0 Å². The summed E-state index contributed by atoms with van der Waals surface area (Å²) in [5, 5.41) is 7.03. The van der Waals surface area contributed by atoms with Gasteiger partial charge in [0.05, 0.1) is 12.3 Å². The molecule has 0 spiro atoms. The number of rotatable bonds is 7. The number of aromatic nitrogens is 2. The lowest BCUT2D eigenvalue weighted by Gasteiger charge is -2.34. The maximum absolute atomic E-state index is 12.6. The number of nitrogens with zero attached hydrogens (tertiary/aromatic N) is 3. The number of hydrogen-bond acceptors (Lipinski definition) is 5. The first-order valence-corrected chi connectivity index (χ1v) is 8.49. The third kappa shape index (κ3) is 4.80. The summed E-state index contributed by atoms with van der Waals surface area (Å²) in [6.07, 6.45) is 0. The number of hydrogen-bond donors (Lipinski definition) is 1. The zero-order chi connectivity index (χ0) is 17.5. The normalized spacial score (nSPS) is 15.3. The Balaban J connectivity index is 1.49. The Morgan fingerprint density at radius 2 is 1.96 bits per heavy atom. The van der Waals surface area contributed by atoms with Gasteiger partial charge in [-0.1, -0.05) is 18.2 Å². The van der Waals surface area contributed by atoms with Crippen molar-refractivity contribution in [3.63, 3.8) is 0 Å². The molecule has 1 aliphatic rings. The van der Waals surface area contributed by atoms with Gasteiger partial charge in [0, 0.05) is 39.8 Å². The Hall–Kier alpha value is -2.38. The second-order valence-electron chi connectivity index (χ2n) is 6.01. The second-order valence-corrected chi connectivity index (χ2v) is 6.01. The fourth-order valence-corrected chi connectivity index (χ4v) is 2.78. The van der Waals surface area contributed by atoms with Gasteiger partial charge in [0.25, 0.3) is 5.91 Å². The number of ether oxygens (including phenoxy) is 2. The van der Waals surface area contributed by atoms with Crippen LogP contribution in [0.2, 0.25) is 0 Å². The van der Waals surface area contributed by atoms with Gasteiger partial charge in [-0.05, 0) is 18.2 Å². The standard InChI is InChI=1S/C18H24N4O3/c1-24-12-11-21-7-9-22(10-8-21)18(23)17-13-15(19-20-17)14-25-16-5-3-2-4-6-16/h2-6,13H,7-12,14H2,1H3,(H,19,20). The van der Waals surface area contributed by atoms with Gasteiger partial charge < -0.3 is 14.4 Å². The first kappa shape index (κ1) is 17.4. The summed E-state index contributed by atoms with van der Waals surface area (Å²) in [6, 6.07) is 11.3. The minimum Gasteiger partial charge on any atom is -0.487 e. The zero-order valence-corrected chi connectivity index (χ0v) is 14.5. The number of piperazine rings is 1. The molecule has 134 valence electrons. The number of nitrogens with one attached hydrogen (secondary N) is 1. The molecule has 2 aromatic rings. The van der Waals surface area contributed by atoms with E-state index in [1.807, 2.05) is 35.2 Å². The Labute approximate surface area is 147 Å². The van der Waals surface area contributed by atoms with Crippen LogP contribution in [0.4, 0.5) is 0 Å². The molecule has 1 saturated heterocycles. The smallest absolute Gasteiger partial charge is 0.274 e. The van der Waals surface area contributed by atoms with Crippen molar-refractivity contribution in [2.75, 3.05) is 46.4 Å². The number of para-hydroxylation sites is 1. The molecule has 1 N–H and O–H groups in total. The zero-order valence-electron chi connectivity index (χ0n) is 14.5. The second kappa shape index (κ2) is 8.64. The van der Waals surface area contributed by atoms with E-state index in [1.54, 1.807) is 13.2 Å². The van der Waals surface area contributed by atoms with E-state index in [9.17, 15) is 4.79 Å². The topological polar surface area (TPSA) is 70.7 Å². The molecule has 3 rings (SSSR count). The maximum atomic E-state index is 12.6. The van der Waals surface area contributed by atoms with Crippen LogP contribution < -0.4 is 4.74 Å². The predicted octanol–water partition coefficient (Wildman–Crippen LogP) is 1.39. The highest BCUT2D eigenvalue weighted by atomic mass is 16.5. The molecule has 1 aromatic carbocycles. The van der Waals surface area contributed by atoms with Gasteiger partial charge in [-0.25, -0.2) is 0 Å². The van der Waals surface area contributed by atoms with Crippen molar-refractivity contribution in [2.45, 2.75) is 6.61 Å². The summed E-state index contributed by atoms with van der Waals surface area (Å²) >= 11 is 0. The highest BCUT2D eigenvalue weighted by Gasteiger charge is 2.23. The molecule has 0 bridgehead atoms. The third-order valence-electron chi connectivity index (χ3n) is 4.26. The fourth-order valence-electron chi connectivity index (χ4n) is 2.78. The van der Waals surface area contributed by atoms with Crippen LogP contribution in [0.3, 0.4) is 0 Å². The van der Waals surface area contributed by atoms with Crippen molar-refractivity contribution >= 4 is 5.91 Å². The van der Waals surface area contributed by atoms with E-state index < -0.39 is 0 Å². The number of carbonyl (C=O) groups excluding carboxylic acids is 1. The van der Waals surface area contributed by atoms with E-state index in [-0.39, 0.29) is 5.91 Å². The van der Waals surface area contributed by atoms with E-state index in [4.69, 9.17) is 9.47 Å². The fraction of sp³-hybridized carbons (Fsp3) is 0.444. The summed E-state index contributed by atoms with van der Waals surface area (Å²) < 4.78 is 10.8.